The number of nitrogens with one attached hydrogen (secondary N) is 1. The molecule has 4 aromatic rings. The van der Waals surface area contributed by atoms with Crippen LogP contribution >= 0.6 is 0 Å². The Morgan fingerprint density at radius 2 is 1.70 bits per heavy atom. The number of ether oxygens (including phenoxy) is 1. The zero-order chi connectivity index (χ0) is 21.1. The van der Waals surface area contributed by atoms with Crippen LogP contribution in [0.1, 0.15) is 11.1 Å². The van der Waals surface area contributed by atoms with Crippen molar-refractivity contribution in [2.75, 3.05) is 5.32 Å². The smallest absolute Gasteiger partial charge is 0.244 e. The maximum atomic E-state index is 12.8. The molecule has 0 aliphatic carbocycles. The van der Waals surface area contributed by atoms with Crippen LogP contribution in [-0.4, -0.2) is 10.5 Å². The number of benzene rings is 3. The van der Waals surface area contributed by atoms with Crippen LogP contribution in [0.5, 0.6) is 11.5 Å². The van der Waals surface area contributed by atoms with Crippen molar-refractivity contribution in [3.63, 3.8) is 0 Å². The maximum absolute atomic E-state index is 12.8. The third-order valence-electron chi connectivity index (χ3n) is 4.87. The monoisotopic (exact) mass is 398 g/mol. The molecule has 0 saturated heterocycles. The van der Waals surface area contributed by atoms with Gasteiger partial charge in [0.15, 0.2) is 11.2 Å². The number of pyridine rings is 1. The lowest BCUT2D eigenvalue weighted by Crippen LogP contribution is -2.21. The first-order chi connectivity index (χ1) is 14.5. The van der Waals surface area contributed by atoms with Crippen molar-refractivity contribution in [3.8, 4) is 11.5 Å². The number of hydrogen-bond acceptors (Lipinski definition) is 3. The molecule has 1 N–H and O–H groups in total. The fourth-order valence-corrected chi connectivity index (χ4v) is 3.57. The van der Waals surface area contributed by atoms with E-state index in [1.54, 1.807) is 16.8 Å². The number of rotatable bonds is 5. The van der Waals surface area contributed by atoms with Gasteiger partial charge in [0.05, 0.1) is 11.2 Å². The van der Waals surface area contributed by atoms with E-state index in [1.165, 1.54) is 6.07 Å². The second kappa shape index (κ2) is 8.25. The number of para-hydroxylation sites is 3. The van der Waals surface area contributed by atoms with Crippen LogP contribution in [0, 0.1) is 13.8 Å². The first-order valence-corrected chi connectivity index (χ1v) is 9.73. The van der Waals surface area contributed by atoms with Crippen LogP contribution in [0.2, 0.25) is 0 Å². The topological polar surface area (TPSA) is 60.3 Å². The van der Waals surface area contributed by atoms with Gasteiger partial charge in [0.25, 0.3) is 0 Å². The predicted octanol–water partition coefficient (Wildman–Crippen LogP) is 5.05. The molecule has 0 radical (unpaired) electrons. The molecular weight excluding hydrogens is 376 g/mol. The summed E-state index contributed by atoms with van der Waals surface area (Å²) in [6.07, 6.45) is 1.66. The third kappa shape index (κ3) is 4.10. The second-order valence-electron chi connectivity index (χ2n) is 7.24. The maximum Gasteiger partial charge on any atom is 0.244 e. The van der Waals surface area contributed by atoms with Crippen LogP contribution in [-0.2, 0) is 11.3 Å². The molecule has 5 heteroatoms. The molecule has 0 aliphatic heterocycles. The molecular formula is C25H22N2O3. The third-order valence-corrected chi connectivity index (χ3v) is 4.87. The van der Waals surface area contributed by atoms with Gasteiger partial charge in [-0.15, -0.1) is 0 Å². The average Bonchev–Trinajstić information content (AvgIpc) is 2.72. The highest BCUT2D eigenvalue weighted by molar-refractivity contribution is 5.93. The highest BCUT2D eigenvalue weighted by Crippen LogP contribution is 2.29. The van der Waals surface area contributed by atoms with Crippen molar-refractivity contribution in [3.05, 3.63) is 100 Å². The molecule has 1 heterocycles. The van der Waals surface area contributed by atoms with Crippen molar-refractivity contribution in [1.29, 1.82) is 0 Å². The van der Waals surface area contributed by atoms with Gasteiger partial charge in [0.2, 0.25) is 5.91 Å². The van der Waals surface area contributed by atoms with Crippen LogP contribution in [0.15, 0.2) is 83.8 Å². The van der Waals surface area contributed by atoms with Gasteiger partial charge >= 0.3 is 0 Å². The van der Waals surface area contributed by atoms with Crippen LogP contribution in [0.3, 0.4) is 0 Å². The van der Waals surface area contributed by atoms with E-state index in [2.05, 4.69) is 5.32 Å². The van der Waals surface area contributed by atoms with Gasteiger partial charge in [-0.05, 0) is 55.3 Å². The van der Waals surface area contributed by atoms with E-state index in [0.29, 0.717) is 22.6 Å². The number of anilines is 1. The summed E-state index contributed by atoms with van der Waals surface area (Å²) in [5.41, 5.74) is 3.25. The number of carbonyl (C=O) groups excluding carboxylic acids is 1. The quantitative estimate of drug-likeness (QED) is 0.512. The highest BCUT2D eigenvalue weighted by Gasteiger charge is 2.12. The van der Waals surface area contributed by atoms with Gasteiger partial charge in [-0.1, -0.05) is 36.4 Å². The molecule has 0 saturated carbocycles. The predicted molar refractivity (Wildman–Crippen MR) is 119 cm³/mol. The van der Waals surface area contributed by atoms with Gasteiger partial charge in [-0.3, -0.25) is 9.59 Å². The van der Waals surface area contributed by atoms with E-state index in [1.807, 2.05) is 74.5 Å². The molecule has 0 aliphatic rings. The Labute approximate surface area is 174 Å². The van der Waals surface area contributed by atoms with Crippen molar-refractivity contribution in [1.82, 2.24) is 4.57 Å². The number of hydrogen-bond donors (Lipinski definition) is 1. The fourth-order valence-electron chi connectivity index (χ4n) is 3.57. The zero-order valence-electron chi connectivity index (χ0n) is 16.9. The summed E-state index contributed by atoms with van der Waals surface area (Å²) in [6.45, 7) is 3.98. The first-order valence-electron chi connectivity index (χ1n) is 9.73. The highest BCUT2D eigenvalue weighted by atomic mass is 16.5. The van der Waals surface area contributed by atoms with E-state index in [-0.39, 0.29) is 17.9 Å². The SMILES string of the molecule is Cc1cc(C)c2c(=O)ccn(CC(=O)Nc3ccccc3Oc3ccccc3)c2c1. The number of carbonyl (C=O) groups is 1. The fraction of sp³-hybridized carbons (Fsp3) is 0.120. The van der Waals surface area contributed by atoms with Crippen LogP contribution < -0.4 is 15.5 Å². The Morgan fingerprint density at radius 1 is 0.967 bits per heavy atom. The Hall–Kier alpha value is -3.86. The Morgan fingerprint density at radius 3 is 2.50 bits per heavy atom. The van der Waals surface area contributed by atoms with Crippen molar-refractivity contribution >= 4 is 22.5 Å². The molecule has 5 nitrogen and oxygen atoms in total. The van der Waals surface area contributed by atoms with E-state index in [9.17, 15) is 9.59 Å². The first kappa shape index (κ1) is 19.5. The standard InChI is InChI=1S/C25H22N2O3/c1-17-14-18(2)25-21(15-17)27(13-12-22(25)28)16-24(29)26-20-10-6-7-11-23(20)30-19-8-4-3-5-9-19/h3-15H,16H2,1-2H3,(H,26,29). The number of amides is 1. The van der Waals surface area contributed by atoms with Gasteiger partial charge < -0.3 is 14.6 Å². The van der Waals surface area contributed by atoms with E-state index >= 15 is 0 Å². The van der Waals surface area contributed by atoms with E-state index in [4.69, 9.17) is 4.74 Å². The zero-order valence-corrected chi connectivity index (χ0v) is 16.9. The molecule has 0 spiro atoms. The van der Waals surface area contributed by atoms with Crippen LogP contribution in [0.4, 0.5) is 5.69 Å². The van der Waals surface area contributed by atoms with Gasteiger partial charge in [-0.2, -0.15) is 0 Å². The molecule has 4 rings (SSSR count). The number of aryl methyl sites for hydroxylation is 2. The number of aromatic nitrogens is 1. The summed E-state index contributed by atoms with van der Waals surface area (Å²) in [4.78, 5) is 25.1. The molecule has 0 bridgehead atoms. The summed E-state index contributed by atoms with van der Waals surface area (Å²) < 4.78 is 7.71. The van der Waals surface area contributed by atoms with Gasteiger partial charge in [-0.25, -0.2) is 0 Å². The molecule has 1 aromatic heterocycles. The average molecular weight is 398 g/mol. The minimum Gasteiger partial charge on any atom is -0.455 e. The molecule has 3 aromatic carbocycles. The lowest BCUT2D eigenvalue weighted by atomic mass is 10.1. The Kier molecular flexibility index (Phi) is 5.35. The minimum atomic E-state index is -0.205. The molecule has 30 heavy (non-hydrogen) atoms. The second-order valence-corrected chi connectivity index (χ2v) is 7.24. The Bertz CT molecular complexity index is 1280. The molecule has 0 unspecified atom stereocenters. The largest absolute Gasteiger partial charge is 0.455 e. The Balaban J connectivity index is 1.60. The lowest BCUT2D eigenvalue weighted by molar-refractivity contribution is -0.116. The minimum absolute atomic E-state index is 0.0410. The van der Waals surface area contributed by atoms with Crippen molar-refractivity contribution in [2.24, 2.45) is 0 Å². The van der Waals surface area contributed by atoms with Crippen LogP contribution in [0.25, 0.3) is 10.9 Å². The summed E-state index contributed by atoms with van der Waals surface area (Å²) in [5.74, 6) is 1.05. The molecule has 150 valence electrons. The van der Waals surface area contributed by atoms with E-state index < -0.39 is 0 Å². The summed E-state index contributed by atoms with van der Waals surface area (Å²) in [6, 6.07) is 22.1. The molecule has 0 fully saturated rings. The van der Waals surface area contributed by atoms with Crippen molar-refractivity contribution in [2.45, 2.75) is 20.4 Å². The number of fused-ring (bicyclic) bond motifs is 1. The summed E-state index contributed by atoms with van der Waals surface area (Å²) >= 11 is 0. The lowest BCUT2D eigenvalue weighted by Gasteiger charge is -2.15. The molecule has 0 atom stereocenters. The number of nitrogens with zero attached hydrogens (tertiary/aromatic N) is 1. The van der Waals surface area contributed by atoms with E-state index in [0.717, 1.165) is 16.6 Å². The van der Waals surface area contributed by atoms with Crippen molar-refractivity contribution < 1.29 is 9.53 Å². The normalized spacial score (nSPS) is 10.7. The van der Waals surface area contributed by atoms with Gasteiger partial charge in [0, 0.05) is 17.6 Å². The summed E-state index contributed by atoms with van der Waals surface area (Å²) in [5, 5.41) is 3.57. The molecule has 1 amide bonds. The van der Waals surface area contributed by atoms with Gasteiger partial charge in [0.1, 0.15) is 12.3 Å². The summed E-state index contributed by atoms with van der Waals surface area (Å²) in [7, 11) is 0.